The van der Waals surface area contributed by atoms with E-state index in [1.54, 1.807) is 0 Å². The van der Waals surface area contributed by atoms with Crippen LogP contribution in [0, 0.1) is 5.41 Å². The van der Waals surface area contributed by atoms with Crippen molar-refractivity contribution < 1.29 is 4.74 Å². The van der Waals surface area contributed by atoms with Crippen LogP contribution in [0.4, 0.5) is 0 Å². The van der Waals surface area contributed by atoms with Gasteiger partial charge in [-0.1, -0.05) is 53.4 Å². The zero-order valence-electron chi connectivity index (χ0n) is 12.1. The van der Waals surface area contributed by atoms with Gasteiger partial charge in [0.05, 0.1) is 0 Å². The van der Waals surface area contributed by atoms with Crippen molar-refractivity contribution in [3.05, 3.63) is 29.8 Å². The van der Waals surface area contributed by atoms with E-state index in [0.29, 0.717) is 5.41 Å². The van der Waals surface area contributed by atoms with Crippen molar-refractivity contribution in [2.75, 3.05) is 25.0 Å². The first-order chi connectivity index (χ1) is 9.81. The second-order valence-electron chi connectivity index (χ2n) is 6.36. The molecule has 0 spiro atoms. The summed E-state index contributed by atoms with van der Waals surface area (Å²) in [7, 11) is 0. The zero-order chi connectivity index (χ0) is 13.8. The van der Waals surface area contributed by atoms with E-state index in [4.69, 9.17) is 4.74 Å². The van der Waals surface area contributed by atoms with Crippen LogP contribution < -0.4 is 4.74 Å². The van der Waals surface area contributed by atoms with Gasteiger partial charge < -0.3 is 4.74 Å². The predicted molar refractivity (Wildman–Crippen MR) is 86.5 cm³/mol. The maximum atomic E-state index is 5.88. The first kappa shape index (κ1) is 14.4. The summed E-state index contributed by atoms with van der Waals surface area (Å²) in [6.45, 7) is 4.10. The number of hydrogen-bond donors (Lipinski definition) is 0. The zero-order valence-corrected chi connectivity index (χ0v) is 13.7. The first-order valence-corrected chi connectivity index (χ1v) is 8.93. The van der Waals surface area contributed by atoms with Gasteiger partial charge in [-0.3, -0.25) is 4.90 Å². The molecule has 1 heterocycles. The topological polar surface area (TPSA) is 12.5 Å². The Labute approximate surface area is 130 Å². The highest BCUT2D eigenvalue weighted by molar-refractivity contribution is 9.09. The highest BCUT2D eigenvalue weighted by atomic mass is 79.9. The molecule has 20 heavy (non-hydrogen) atoms. The molecule has 3 heteroatoms. The average Bonchev–Trinajstić information content (AvgIpc) is 2.69. The molecule has 110 valence electrons. The summed E-state index contributed by atoms with van der Waals surface area (Å²) in [5.74, 6) is 1.08. The van der Waals surface area contributed by atoms with Gasteiger partial charge in [0.1, 0.15) is 12.4 Å². The number of para-hydroxylation sites is 1. The maximum Gasteiger partial charge on any atom is 0.123 e. The molecule has 3 rings (SSSR count). The lowest BCUT2D eigenvalue weighted by Gasteiger charge is -2.39. The highest BCUT2D eigenvalue weighted by Gasteiger charge is 2.33. The normalized spacial score (nSPS) is 22.6. The molecule has 0 aromatic heterocycles. The van der Waals surface area contributed by atoms with Gasteiger partial charge in [0, 0.05) is 30.5 Å². The van der Waals surface area contributed by atoms with Crippen LogP contribution in [0.2, 0.25) is 0 Å². The fourth-order valence-electron chi connectivity index (χ4n) is 3.63. The maximum absolute atomic E-state index is 5.88. The standard InChI is InChI=1S/C17H24BrNO/c18-13-17(8-4-1-5-9-17)14-19-10-11-20-16-7-3-2-6-15(16)12-19/h2-3,6-7H,1,4-5,8-14H2. The number of nitrogens with zero attached hydrogens (tertiary/aromatic N) is 1. The van der Waals surface area contributed by atoms with Crippen LogP contribution in [-0.4, -0.2) is 29.9 Å². The lowest BCUT2D eigenvalue weighted by Crippen LogP contribution is -2.41. The minimum Gasteiger partial charge on any atom is -0.492 e. The fourth-order valence-corrected chi connectivity index (χ4v) is 4.36. The van der Waals surface area contributed by atoms with Crippen LogP contribution in [0.25, 0.3) is 0 Å². The number of alkyl halides is 1. The van der Waals surface area contributed by atoms with E-state index < -0.39 is 0 Å². The molecule has 1 fully saturated rings. The van der Waals surface area contributed by atoms with Crippen molar-refractivity contribution in [2.24, 2.45) is 5.41 Å². The molecule has 1 saturated carbocycles. The molecule has 1 aromatic carbocycles. The van der Waals surface area contributed by atoms with E-state index in [0.717, 1.165) is 30.8 Å². The van der Waals surface area contributed by atoms with Crippen molar-refractivity contribution in [2.45, 2.75) is 38.6 Å². The monoisotopic (exact) mass is 337 g/mol. The van der Waals surface area contributed by atoms with E-state index in [1.165, 1.54) is 44.2 Å². The third kappa shape index (κ3) is 3.20. The Hall–Kier alpha value is -0.540. The molecule has 0 radical (unpaired) electrons. The van der Waals surface area contributed by atoms with Gasteiger partial charge in [0.2, 0.25) is 0 Å². The Morgan fingerprint density at radius 2 is 1.95 bits per heavy atom. The Balaban J connectivity index is 1.71. The Bertz CT molecular complexity index is 442. The van der Waals surface area contributed by atoms with Gasteiger partial charge in [-0.15, -0.1) is 0 Å². The number of rotatable bonds is 3. The van der Waals surface area contributed by atoms with Crippen LogP contribution in [-0.2, 0) is 6.54 Å². The summed E-state index contributed by atoms with van der Waals surface area (Å²) in [6, 6.07) is 8.48. The van der Waals surface area contributed by atoms with Gasteiger partial charge in [-0.25, -0.2) is 0 Å². The molecule has 0 bridgehead atoms. The third-order valence-electron chi connectivity index (χ3n) is 4.79. The first-order valence-electron chi connectivity index (χ1n) is 7.80. The summed E-state index contributed by atoms with van der Waals surface area (Å²) >= 11 is 3.79. The number of halogens is 1. The van der Waals surface area contributed by atoms with Crippen molar-refractivity contribution >= 4 is 15.9 Å². The molecule has 0 unspecified atom stereocenters. The van der Waals surface area contributed by atoms with E-state index in [-0.39, 0.29) is 0 Å². The van der Waals surface area contributed by atoms with Gasteiger partial charge >= 0.3 is 0 Å². The molecular weight excluding hydrogens is 314 g/mol. The van der Waals surface area contributed by atoms with Crippen LogP contribution in [0.3, 0.4) is 0 Å². The third-order valence-corrected chi connectivity index (χ3v) is 5.98. The number of ether oxygens (including phenoxy) is 1. The SMILES string of the molecule is BrCC1(CN2CCOc3ccccc3C2)CCCCC1. The van der Waals surface area contributed by atoms with E-state index >= 15 is 0 Å². The summed E-state index contributed by atoms with van der Waals surface area (Å²) in [4.78, 5) is 2.60. The summed E-state index contributed by atoms with van der Waals surface area (Å²) in [5, 5.41) is 1.14. The second kappa shape index (κ2) is 6.48. The number of benzene rings is 1. The summed E-state index contributed by atoms with van der Waals surface area (Å²) in [5.41, 5.74) is 1.82. The van der Waals surface area contributed by atoms with Crippen molar-refractivity contribution in [3.63, 3.8) is 0 Å². The number of hydrogen-bond acceptors (Lipinski definition) is 2. The smallest absolute Gasteiger partial charge is 0.123 e. The van der Waals surface area contributed by atoms with E-state index in [2.05, 4.69) is 45.1 Å². The molecule has 2 nitrogen and oxygen atoms in total. The largest absolute Gasteiger partial charge is 0.492 e. The summed E-state index contributed by atoms with van der Waals surface area (Å²) < 4.78 is 5.88. The number of fused-ring (bicyclic) bond motifs is 1. The molecule has 2 aliphatic rings. The molecule has 0 amide bonds. The van der Waals surface area contributed by atoms with Crippen LogP contribution in [0.5, 0.6) is 5.75 Å². The van der Waals surface area contributed by atoms with Crippen LogP contribution in [0.1, 0.15) is 37.7 Å². The predicted octanol–water partition coefficient (Wildman–Crippen LogP) is 4.23. The Morgan fingerprint density at radius 1 is 1.15 bits per heavy atom. The van der Waals surface area contributed by atoms with Gasteiger partial charge in [-0.2, -0.15) is 0 Å². The van der Waals surface area contributed by atoms with Gasteiger partial charge in [0.25, 0.3) is 0 Å². The van der Waals surface area contributed by atoms with Crippen LogP contribution >= 0.6 is 15.9 Å². The average molecular weight is 338 g/mol. The highest BCUT2D eigenvalue weighted by Crippen LogP contribution is 2.39. The second-order valence-corrected chi connectivity index (χ2v) is 6.92. The minimum absolute atomic E-state index is 0.484. The van der Waals surface area contributed by atoms with Gasteiger partial charge in [-0.05, 0) is 24.3 Å². The molecule has 1 aliphatic carbocycles. The fraction of sp³-hybridized carbons (Fsp3) is 0.647. The minimum atomic E-state index is 0.484. The molecule has 1 aliphatic heterocycles. The van der Waals surface area contributed by atoms with Crippen molar-refractivity contribution in [1.82, 2.24) is 4.90 Å². The molecule has 0 atom stereocenters. The van der Waals surface area contributed by atoms with E-state index in [1.807, 2.05) is 0 Å². The lowest BCUT2D eigenvalue weighted by molar-refractivity contribution is 0.115. The lowest BCUT2D eigenvalue weighted by atomic mass is 9.75. The van der Waals surface area contributed by atoms with Gasteiger partial charge in [0.15, 0.2) is 0 Å². The quantitative estimate of drug-likeness (QED) is 0.765. The van der Waals surface area contributed by atoms with E-state index in [9.17, 15) is 0 Å². The molecule has 0 saturated heterocycles. The molecular formula is C17H24BrNO. The van der Waals surface area contributed by atoms with Crippen molar-refractivity contribution in [1.29, 1.82) is 0 Å². The summed E-state index contributed by atoms with van der Waals surface area (Å²) in [6.07, 6.45) is 6.95. The Morgan fingerprint density at radius 3 is 2.75 bits per heavy atom. The Kier molecular flexibility index (Phi) is 4.67. The molecule has 1 aromatic rings. The van der Waals surface area contributed by atoms with Crippen molar-refractivity contribution in [3.8, 4) is 5.75 Å². The van der Waals surface area contributed by atoms with Crippen LogP contribution in [0.15, 0.2) is 24.3 Å². The molecule has 0 N–H and O–H groups in total.